The van der Waals surface area contributed by atoms with Gasteiger partial charge in [0.15, 0.2) is 6.61 Å². The number of rotatable bonds is 9. The molecule has 1 N–H and O–H groups in total. The van der Waals surface area contributed by atoms with Gasteiger partial charge in [0.1, 0.15) is 5.75 Å². The first kappa shape index (κ1) is 17.5. The lowest BCUT2D eigenvalue weighted by molar-refractivity contribution is -0.145. The Balaban J connectivity index is 2.60. The summed E-state index contributed by atoms with van der Waals surface area (Å²) in [5, 5.41) is 3.30. The van der Waals surface area contributed by atoms with E-state index in [2.05, 4.69) is 17.4 Å². The van der Waals surface area contributed by atoms with Crippen molar-refractivity contribution < 1.29 is 19.0 Å². The van der Waals surface area contributed by atoms with Crippen LogP contribution < -0.4 is 10.1 Å². The minimum Gasteiger partial charge on any atom is -0.481 e. The van der Waals surface area contributed by atoms with E-state index >= 15 is 0 Å². The smallest absolute Gasteiger partial charge is 0.344 e. The van der Waals surface area contributed by atoms with Gasteiger partial charge in [-0.15, -0.1) is 0 Å². The van der Waals surface area contributed by atoms with Crippen LogP contribution in [0.1, 0.15) is 23.6 Å². The summed E-state index contributed by atoms with van der Waals surface area (Å²) in [4.78, 5) is 11.3. The third-order valence-corrected chi connectivity index (χ3v) is 2.97. The van der Waals surface area contributed by atoms with Crippen LogP contribution in [0, 0.1) is 13.8 Å². The first-order valence-corrected chi connectivity index (χ1v) is 7.16. The lowest BCUT2D eigenvalue weighted by atomic mass is 10.1. The molecule has 0 bridgehead atoms. The predicted octanol–water partition coefficient (Wildman–Crippen LogP) is 1.98. The monoisotopic (exact) mass is 295 g/mol. The van der Waals surface area contributed by atoms with Gasteiger partial charge in [0.2, 0.25) is 0 Å². The summed E-state index contributed by atoms with van der Waals surface area (Å²) in [7, 11) is 1.69. The SMILES string of the molecule is CCOC(=O)COc1c(C)cc(CNCCOC)cc1C. The molecule has 1 aromatic rings. The molecule has 0 atom stereocenters. The molecule has 5 nitrogen and oxygen atoms in total. The molecule has 0 spiro atoms. The van der Waals surface area contributed by atoms with Crippen LogP contribution in [-0.4, -0.2) is 39.4 Å². The number of esters is 1. The van der Waals surface area contributed by atoms with Crippen LogP contribution in [0.25, 0.3) is 0 Å². The topological polar surface area (TPSA) is 56.8 Å². The second-order valence-corrected chi connectivity index (χ2v) is 4.82. The minimum atomic E-state index is -0.346. The van der Waals surface area contributed by atoms with Gasteiger partial charge in [0, 0.05) is 20.2 Å². The molecule has 5 heteroatoms. The van der Waals surface area contributed by atoms with Crippen molar-refractivity contribution in [1.82, 2.24) is 5.32 Å². The van der Waals surface area contributed by atoms with Crippen molar-refractivity contribution in [3.8, 4) is 5.75 Å². The number of hydrogen-bond acceptors (Lipinski definition) is 5. The third-order valence-electron chi connectivity index (χ3n) is 2.97. The normalized spacial score (nSPS) is 10.5. The van der Waals surface area contributed by atoms with Crippen molar-refractivity contribution in [3.63, 3.8) is 0 Å². The van der Waals surface area contributed by atoms with Gasteiger partial charge in [0.05, 0.1) is 13.2 Å². The lowest BCUT2D eigenvalue weighted by Crippen LogP contribution is -2.19. The van der Waals surface area contributed by atoms with E-state index in [1.54, 1.807) is 14.0 Å². The number of carbonyl (C=O) groups is 1. The molecule has 0 radical (unpaired) electrons. The summed E-state index contributed by atoms with van der Waals surface area (Å²) in [5.74, 6) is 0.408. The van der Waals surface area contributed by atoms with Crippen molar-refractivity contribution in [2.75, 3.05) is 33.5 Å². The van der Waals surface area contributed by atoms with Gasteiger partial charge in [-0.05, 0) is 37.5 Å². The Morgan fingerprint density at radius 2 is 1.90 bits per heavy atom. The van der Waals surface area contributed by atoms with Crippen LogP contribution in [0.15, 0.2) is 12.1 Å². The summed E-state index contributed by atoms with van der Waals surface area (Å²) in [6, 6.07) is 4.13. The fraction of sp³-hybridized carbons (Fsp3) is 0.562. The molecule has 0 saturated heterocycles. The maximum Gasteiger partial charge on any atom is 0.344 e. The molecular weight excluding hydrogens is 270 g/mol. The number of benzene rings is 1. The van der Waals surface area contributed by atoms with Crippen molar-refractivity contribution in [3.05, 3.63) is 28.8 Å². The summed E-state index contributed by atoms with van der Waals surface area (Å²) < 4.78 is 15.4. The molecule has 0 fully saturated rings. The van der Waals surface area contributed by atoms with Crippen LogP contribution in [0.3, 0.4) is 0 Å². The molecule has 0 amide bonds. The van der Waals surface area contributed by atoms with Crippen molar-refractivity contribution in [2.45, 2.75) is 27.3 Å². The number of methoxy groups -OCH3 is 1. The van der Waals surface area contributed by atoms with Crippen LogP contribution in [0.2, 0.25) is 0 Å². The predicted molar refractivity (Wildman–Crippen MR) is 81.6 cm³/mol. The highest BCUT2D eigenvalue weighted by atomic mass is 16.6. The Morgan fingerprint density at radius 1 is 1.24 bits per heavy atom. The van der Waals surface area contributed by atoms with Gasteiger partial charge >= 0.3 is 5.97 Å². The Labute approximate surface area is 126 Å². The number of ether oxygens (including phenoxy) is 3. The molecule has 1 aromatic carbocycles. The minimum absolute atomic E-state index is 0.0546. The molecule has 0 aliphatic heterocycles. The summed E-state index contributed by atoms with van der Waals surface area (Å²) in [5.41, 5.74) is 3.22. The second kappa shape index (κ2) is 9.37. The van der Waals surface area contributed by atoms with E-state index < -0.39 is 0 Å². The van der Waals surface area contributed by atoms with Gasteiger partial charge < -0.3 is 19.5 Å². The summed E-state index contributed by atoms with van der Waals surface area (Å²) in [6.07, 6.45) is 0. The quantitative estimate of drug-likeness (QED) is 0.557. The Bertz CT molecular complexity index is 437. The van der Waals surface area contributed by atoms with Crippen molar-refractivity contribution in [1.29, 1.82) is 0 Å². The molecular formula is C16H25NO4. The molecule has 0 aliphatic carbocycles. The highest BCUT2D eigenvalue weighted by molar-refractivity contribution is 5.71. The van der Waals surface area contributed by atoms with Crippen molar-refractivity contribution >= 4 is 5.97 Å². The van der Waals surface area contributed by atoms with Crippen molar-refractivity contribution in [2.24, 2.45) is 0 Å². The van der Waals surface area contributed by atoms with Gasteiger partial charge in [-0.25, -0.2) is 4.79 Å². The van der Waals surface area contributed by atoms with E-state index in [4.69, 9.17) is 14.2 Å². The number of carbonyl (C=O) groups excluding carboxylic acids is 1. The first-order chi connectivity index (χ1) is 10.1. The molecule has 0 unspecified atom stereocenters. The van der Waals surface area contributed by atoms with Crippen LogP contribution in [-0.2, 0) is 20.8 Å². The highest BCUT2D eigenvalue weighted by Gasteiger charge is 2.09. The van der Waals surface area contributed by atoms with E-state index in [0.29, 0.717) is 13.2 Å². The van der Waals surface area contributed by atoms with E-state index in [1.807, 2.05) is 13.8 Å². The molecule has 0 aromatic heterocycles. The first-order valence-electron chi connectivity index (χ1n) is 7.16. The van der Waals surface area contributed by atoms with Gasteiger partial charge in [0.25, 0.3) is 0 Å². The Hall–Kier alpha value is -1.59. The fourth-order valence-corrected chi connectivity index (χ4v) is 2.11. The van der Waals surface area contributed by atoms with E-state index in [9.17, 15) is 4.79 Å². The average Bonchev–Trinajstić information content (AvgIpc) is 2.43. The summed E-state index contributed by atoms with van der Waals surface area (Å²) in [6.45, 7) is 8.34. The molecule has 0 aliphatic rings. The highest BCUT2D eigenvalue weighted by Crippen LogP contribution is 2.24. The number of nitrogens with one attached hydrogen (secondary N) is 1. The van der Waals surface area contributed by atoms with Crippen LogP contribution in [0.5, 0.6) is 5.75 Å². The molecule has 1 rings (SSSR count). The second-order valence-electron chi connectivity index (χ2n) is 4.82. The zero-order valence-electron chi connectivity index (χ0n) is 13.3. The van der Waals surface area contributed by atoms with E-state index in [1.165, 1.54) is 5.56 Å². The molecule has 0 heterocycles. The van der Waals surface area contributed by atoms with Gasteiger partial charge in [-0.1, -0.05) is 12.1 Å². The molecule has 0 saturated carbocycles. The van der Waals surface area contributed by atoms with E-state index in [0.717, 1.165) is 30.0 Å². The van der Waals surface area contributed by atoms with Crippen LogP contribution in [0.4, 0.5) is 0 Å². The summed E-state index contributed by atoms with van der Waals surface area (Å²) >= 11 is 0. The Kier molecular flexibility index (Phi) is 7.79. The zero-order valence-corrected chi connectivity index (χ0v) is 13.3. The number of hydrogen-bond donors (Lipinski definition) is 1. The maximum atomic E-state index is 11.3. The largest absolute Gasteiger partial charge is 0.481 e. The Morgan fingerprint density at radius 3 is 2.48 bits per heavy atom. The van der Waals surface area contributed by atoms with E-state index in [-0.39, 0.29) is 12.6 Å². The molecule has 118 valence electrons. The van der Waals surface area contributed by atoms with Gasteiger partial charge in [-0.3, -0.25) is 0 Å². The maximum absolute atomic E-state index is 11.3. The van der Waals surface area contributed by atoms with Crippen LogP contribution >= 0.6 is 0 Å². The number of aryl methyl sites for hydroxylation is 2. The third kappa shape index (κ3) is 6.14. The lowest BCUT2D eigenvalue weighted by Gasteiger charge is -2.14. The average molecular weight is 295 g/mol. The molecule has 21 heavy (non-hydrogen) atoms. The standard InChI is InChI=1S/C16H25NO4/c1-5-20-15(18)11-21-16-12(2)8-14(9-13(16)3)10-17-6-7-19-4/h8-9,17H,5-7,10-11H2,1-4H3. The van der Waals surface area contributed by atoms with Gasteiger partial charge in [-0.2, -0.15) is 0 Å². The fourth-order valence-electron chi connectivity index (χ4n) is 2.11. The zero-order chi connectivity index (χ0) is 15.7.